The molecule has 4 N–H and O–H groups in total. The molecule has 4 heteroatoms. The summed E-state index contributed by atoms with van der Waals surface area (Å²) in [7, 11) is 0. The molecular weight excluding hydrogens is 488 g/mol. The number of hydrogen-bond donors (Lipinski definition) is 4. The van der Waals surface area contributed by atoms with E-state index in [1.165, 1.54) is 66.5 Å². The molecule has 4 aromatic heterocycles. The van der Waals surface area contributed by atoms with Crippen molar-refractivity contribution in [1.82, 2.24) is 19.9 Å². The van der Waals surface area contributed by atoms with Gasteiger partial charge in [-0.25, -0.2) is 0 Å². The minimum absolute atomic E-state index is 0.546. The lowest BCUT2D eigenvalue weighted by Crippen LogP contribution is -2.19. The number of fused-ring (bicyclic) bond motifs is 8. The molecule has 40 heavy (non-hydrogen) atoms. The average molecular weight is 537 g/mol. The zero-order chi connectivity index (χ0) is 28.6. The molecular formula is C36H48N4. The van der Waals surface area contributed by atoms with Crippen LogP contribution in [-0.4, -0.2) is 19.9 Å². The van der Waals surface area contributed by atoms with Gasteiger partial charge in [0.15, 0.2) is 0 Å². The van der Waals surface area contributed by atoms with Crippen molar-refractivity contribution in [2.24, 2.45) is 23.7 Å². The van der Waals surface area contributed by atoms with Gasteiger partial charge in [-0.3, -0.25) is 0 Å². The van der Waals surface area contributed by atoms with E-state index in [-0.39, 0.29) is 0 Å². The minimum Gasteiger partial charge on any atom is -0.355 e. The van der Waals surface area contributed by atoms with Crippen molar-refractivity contribution in [3.63, 3.8) is 0 Å². The van der Waals surface area contributed by atoms with Crippen LogP contribution in [0, 0.1) is 23.7 Å². The van der Waals surface area contributed by atoms with Crippen LogP contribution in [-0.2, 0) is 0 Å². The summed E-state index contributed by atoms with van der Waals surface area (Å²) >= 11 is 0. The molecule has 0 unspecified atom stereocenters. The number of hydrogen-bond acceptors (Lipinski definition) is 0. The SMILES string of the molecule is CC(C)C/C1=c2\cc/c([nH]2)=C(\CC(C)C)c2ccc([nH]2)/C(CC(C)C)=c2/cc/c([nH]2)=C(\CC(C)C)c2ccc1[nH]2. The Morgan fingerprint density at radius 2 is 0.575 bits per heavy atom. The molecule has 1 aliphatic rings. The first-order chi connectivity index (χ1) is 19.1. The van der Waals surface area contributed by atoms with Crippen molar-refractivity contribution in [2.45, 2.75) is 81.1 Å². The van der Waals surface area contributed by atoms with Crippen LogP contribution in [0.3, 0.4) is 0 Å². The standard InChI is InChI=1S/C36H48N4/c1-21(2)17-25-29-9-11-31(37-29)26(18-22(3)4)33-13-15-35(39-33)28(20-24(7)8)36-16-14-34(40-36)27(19-23(5)6)32-12-10-30(25)38-32/h9-16,21-24,37-40H,17-20H2,1-8H3/b29-25-,30-25?,31-26-,32-27?,33-26?,34-27-,35-28?,36-28-. The highest BCUT2D eigenvalue weighted by Crippen LogP contribution is 2.26. The third kappa shape index (κ3) is 6.01. The Bertz CT molecular complexity index is 1460. The topological polar surface area (TPSA) is 63.2 Å². The first-order valence-electron chi connectivity index (χ1n) is 15.3. The monoisotopic (exact) mass is 536 g/mol. The van der Waals surface area contributed by atoms with Crippen LogP contribution >= 0.6 is 0 Å². The molecule has 0 radical (unpaired) electrons. The van der Waals surface area contributed by atoms with Gasteiger partial charge >= 0.3 is 0 Å². The largest absolute Gasteiger partial charge is 0.355 e. The number of rotatable bonds is 8. The lowest BCUT2D eigenvalue weighted by molar-refractivity contribution is 0.667. The molecule has 0 amide bonds. The first kappa shape index (κ1) is 28.1. The van der Waals surface area contributed by atoms with E-state index >= 15 is 0 Å². The molecule has 0 saturated heterocycles. The third-order valence-electron chi connectivity index (χ3n) is 7.79. The lowest BCUT2D eigenvalue weighted by atomic mass is 10.0. The van der Waals surface area contributed by atoms with E-state index in [0.717, 1.165) is 25.7 Å². The molecule has 8 bridgehead atoms. The summed E-state index contributed by atoms with van der Waals surface area (Å²) in [5.41, 5.74) is 10.2. The highest BCUT2D eigenvalue weighted by molar-refractivity contribution is 5.71. The van der Waals surface area contributed by atoms with Gasteiger partial charge in [-0.05, 0) is 120 Å². The van der Waals surface area contributed by atoms with Crippen LogP contribution in [0.25, 0.3) is 22.3 Å². The summed E-state index contributed by atoms with van der Waals surface area (Å²) in [6.07, 6.45) is 4.02. The fourth-order valence-electron chi connectivity index (χ4n) is 6.08. The fraction of sp³-hybridized carbons (Fsp3) is 0.444. The quantitative estimate of drug-likeness (QED) is 0.204. The van der Waals surface area contributed by atoms with E-state index in [4.69, 9.17) is 0 Å². The van der Waals surface area contributed by atoms with E-state index in [9.17, 15) is 0 Å². The van der Waals surface area contributed by atoms with Gasteiger partial charge < -0.3 is 19.9 Å². The maximum Gasteiger partial charge on any atom is 0.0438 e. The Kier molecular flexibility index (Phi) is 8.16. The maximum absolute atomic E-state index is 3.86. The van der Waals surface area contributed by atoms with E-state index in [1.807, 2.05) is 0 Å². The van der Waals surface area contributed by atoms with Crippen LogP contribution in [0.1, 0.15) is 104 Å². The molecule has 0 aromatic carbocycles. The third-order valence-corrected chi connectivity index (χ3v) is 7.79. The van der Waals surface area contributed by atoms with Gasteiger partial charge in [0.25, 0.3) is 0 Å². The summed E-state index contributed by atoms with van der Waals surface area (Å²) in [6, 6.07) is 18.2. The van der Waals surface area contributed by atoms with Crippen molar-refractivity contribution < 1.29 is 0 Å². The molecule has 0 fully saturated rings. The highest BCUT2D eigenvalue weighted by atomic mass is 14.8. The number of nitrogens with one attached hydrogen (secondary N) is 4. The zero-order valence-electron chi connectivity index (χ0n) is 25.8. The molecule has 4 nitrogen and oxygen atoms in total. The van der Waals surface area contributed by atoms with E-state index in [2.05, 4.69) is 124 Å². The Balaban J connectivity index is 1.89. The molecule has 212 valence electrons. The van der Waals surface area contributed by atoms with Crippen LogP contribution in [0.15, 0.2) is 48.5 Å². The Morgan fingerprint density at radius 1 is 0.350 bits per heavy atom. The van der Waals surface area contributed by atoms with Gasteiger partial charge in [-0.15, -0.1) is 0 Å². The van der Waals surface area contributed by atoms with Crippen LogP contribution in [0.4, 0.5) is 0 Å². The number of aromatic amines is 4. The van der Waals surface area contributed by atoms with Gasteiger partial charge in [0.1, 0.15) is 0 Å². The van der Waals surface area contributed by atoms with E-state index < -0.39 is 0 Å². The Morgan fingerprint density at radius 3 is 0.775 bits per heavy atom. The summed E-state index contributed by atoms with van der Waals surface area (Å²) in [6.45, 7) is 18.4. The Labute approximate surface area is 239 Å². The van der Waals surface area contributed by atoms with Crippen LogP contribution < -0.4 is 21.4 Å². The molecule has 0 spiro atoms. The molecule has 5 heterocycles. The van der Waals surface area contributed by atoms with Crippen LogP contribution in [0.5, 0.6) is 0 Å². The second kappa shape index (κ2) is 11.6. The van der Waals surface area contributed by atoms with Gasteiger partial charge in [-0.1, -0.05) is 55.4 Å². The van der Waals surface area contributed by atoms with Crippen molar-refractivity contribution in [2.75, 3.05) is 0 Å². The first-order valence-corrected chi connectivity index (χ1v) is 15.3. The normalized spacial score (nSPS) is 19.5. The van der Waals surface area contributed by atoms with E-state index in [1.54, 1.807) is 0 Å². The van der Waals surface area contributed by atoms with Crippen LogP contribution in [0.2, 0.25) is 0 Å². The predicted molar refractivity (Wildman–Crippen MR) is 170 cm³/mol. The summed E-state index contributed by atoms with van der Waals surface area (Å²) in [4.78, 5) is 15.4. The lowest BCUT2D eigenvalue weighted by Gasteiger charge is -2.12. The zero-order valence-corrected chi connectivity index (χ0v) is 25.8. The maximum atomic E-state index is 3.86. The second-order valence-corrected chi connectivity index (χ2v) is 13.4. The predicted octanol–water partition coefficient (Wildman–Crippen LogP) is 6.29. The summed E-state index contributed by atoms with van der Waals surface area (Å²) in [5.74, 6) is 2.18. The molecule has 1 aliphatic heterocycles. The van der Waals surface area contributed by atoms with E-state index in [0.29, 0.717) is 23.7 Å². The van der Waals surface area contributed by atoms with Crippen molar-refractivity contribution in [3.05, 3.63) is 92.7 Å². The Hall–Kier alpha value is -3.40. The fourth-order valence-corrected chi connectivity index (χ4v) is 6.08. The molecule has 0 aliphatic carbocycles. The highest BCUT2D eigenvalue weighted by Gasteiger charge is 2.17. The van der Waals surface area contributed by atoms with Gasteiger partial charge in [-0.2, -0.15) is 0 Å². The van der Waals surface area contributed by atoms with Crippen molar-refractivity contribution >= 4 is 22.3 Å². The van der Waals surface area contributed by atoms with Gasteiger partial charge in [0, 0.05) is 44.2 Å². The second-order valence-electron chi connectivity index (χ2n) is 13.4. The number of aromatic nitrogens is 4. The summed E-state index contributed by atoms with van der Waals surface area (Å²) < 4.78 is 0. The molecule has 0 atom stereocenters. The summed E-state index contributed by atoms with van der Waals surface area (Å²) in [5, 5.41) is 4.82. The van der Waals surface area contributed by atoms with Crippen molar-refractivity contribution in [1.29, 1.82) is 0 Å². The molecule has 4 aromatic rings. The van der Waals surface area contributed by atoms with Gasteiger partial charge in [0.2, 0.25) is 0 Å². The average Bonchev–Trinajstić information content (AvgIpc) is 3.69. The molecule has 5 rings (SSSR count). The van der Waals surface area contributed by atoms with Crippen molar-refractivity contribution in [3.8, 4) is 0 Å². The number of H-pyrrole nitrogens is 4. The molecule has 0 saturated carbocycles. The smallest absolute Gasteiger partial charge is 0.0438 e. The minimum atomic E-state index is 0.546. The van der Waals surface area contributed by atoms with Gasteiger partial charge in [0.05, 0.1) is 0 Å².